The molecule has 1 saturated carbocycles. The van der Waals surface area contributed by atoms with E-state index in [0.717, 1.165) is 17.3 Å². The van der Waals surface area contributed by atoms with Gasteiger partial charge in [0, 0.05) is 44.1 Å². The lowest BCUT2D eigenvalue weighted by atomic mass is 9.79. The Bertz CT molecular complexity index is 913. The average Bonchev–Trinajstić information content (AvgIpc) is 3.06. The van der Waals surface area contributed by atoms with Crippen LogP contribution in [0.15, 0.2) is 16.9 Å². The zero-order valence-corrected chi connectivity index (χ0v) is 17.5. The number of pyridine rings is 1. The monoisotopic (exact) mass is 411 g/mol. The maximum Gasteiger partial charge on any atom is 0.252 e. The quantitative estimate of drug-likeness (QED) is 0.618. The highest BCUT2D eigenvalue weighted by Gasteiger charge is 2.46. The van der Waals surface area contributed by atoms with Gasteiger partial charge in [-0.05, 0) is 37.7 Å². The Morgan fingerprint density at radius 2 is 2.07 bits per heavy atom. The summed E-state index contributed by atoms with van der Waals surface area (Å²) in [6.45, 7) is 4.29. The summed E-state index contributed by atoms with van der Waals surface area (Å²) in [5.74, 6) is 0.111. The second-order valence-corrected chi connectivity index (χ2v) is 10.3. The third kappa shape index (κ3) is 4.14. The van der Waals surface area contributed by atoms with E-state index in [9.17, 15) is 18.0 Å². The molecule has 3 N–H and O–H groups in total. The molecule has 1 aromatic rings. The van der Waals surface area contributed by atoms with Gasteiger partial charge in [0.05, 0.1) is 11.8 Å². The molecule has 1 amide bonds. The van der Waals surface area contributed by atoms with Crippen LogP contribution in [0, 0.1) is 18.8 Å². The Morgan fingerprint density at radius 3 is 2.75 bits per heavy atom. The number of anilines is 1. The Balaban J connectivity index is 1.70. The molecule has 0 radical (unpaired) electrons. The number of aryl methyl sites for hydroxylation is 1. The van der Waals surface area contributed by atoms with Crippen molar-refractivity contribution in [2.24, 2.45) is 18.9 Å². The van der Waals surface area contributed by atoms with Crippen LogP contribution in [-0.4, -0.2) is 54.6 Å². The fraction of sp³-hybridized carbons (Fsp3) is 0.667. The third-order valence-corrected chi connectivity index (χ3v) is 8.10. The number of nitrogens with zero attached hydrogens (tertiary/aromatic N) is 2. The minimum Gasteiger partial charge on any atom is -0.325 e. The Labute approximate surface area is 165 Å². The number of sulfonamides is 1. The van der Waals surface area contributed by atoms with Gasteiger partial charge in [0.2, 0.25) is 15.9 Å². The van der Waals surface area contributed by atoms with Gasteiger partial charge in [0.25, 0.3) is 5.56 Å². The van der Waals surface area contributed by atoms with E-state index in [1.807, 2.05) is 0 Å². The van der Waals surface area contributed by atoms with Gasteiger partial charge >= 0.3 is 0 Å². The molecule has 1 aliphatic heterocycles. The molecule has 1 aromatic heterocycles. The fourth-order valence-corrected chi connectivity index (χ4v) is 6.20. The second-order valence-electron chi connectivity index (χ2n) is 8.06. The van der Waals surface area contributed by atoms with Gasteiger partial charge in [-0.15, -0.1) is 0 Å². The summed E-state index contributed by atoms with van der Waals surface area (Å²) in [5, 5.41) is 2.06. The summed E-state index contributed by atoms with van der Waals surface area (Å²) >= 11 is 0. The molecule has 9 nitrogen and oxygen atoms in total. The molecule has 2 aliphatic rings. The molecule has 10 heteroatoms. The summed E-state index contributed by atoms with van der Waals surface area (Å²) in [6.07, 6.45) is 1.56. The van der Waals surface area contributed by atoms with Crippen LogP contribution in [-0.2, 0) is 21.9 Å². The Hall–Kier alpha value is -1.75. The number of nitrogens with one attached hydrogen (secondary N) is 3. The summed E-state index contributed by atoms with van der Waals surface area (Å²) in [4.78, 5) is 24.3. The molecule has 4 unspecified atom stereocenters. The van der Waals surface area contributed by atoms with Crippen molar-refractivity contribution in [2.45, 2.75) is 38.0 Å². The molecule has 4 atom stereocenters. The molecular weight excluding hydrogens is 382 g/mol. The molecule has 28 heavy (non-hydrogen) atoms. The molecule has 2 fully saturated rings. The highest BCUT2D eigenvalue weighted by Crippen LogP contribution is 2.35. The van der Waals surface area contributed by atoms with Crippen LogP contribution in [0.4, 0.5) is 5.69 Å². The number of fused-ring (bicyclic) bond motifs is 1. The molecule has 2 heterocycles. The lowest BCUT2D eigenvalue weighted by molar-refractivity contribution is -0.116. The number of carbonyl (C=O) groups is 1. The van der Waals surface area contributed by atoms with Crippen molar-refractivity contribution in [1.82, 2.24) is 19.7 Å². The molecule has 3 rings (SSSR count). The van der Waals surface area contributed by atoms with E-state index < -0.39 is 21.2 Å². The summed E-state index contributed by atoms with van der Waals surface area (Å²) < 4.78 is 28.9. The van der Waals surface area contributed by atoms with Crippen LogP contribution in [0.1, 0.15) is 25.5 Å². The topological polar surface area (TPSA) is 113 Å². The van der Waals surface area contributed by atoms with Crippen molar-refractivity contribution in [1.29, 1.82) is 0 Å². The van der Waals surface area contributed by atoms with E-state index >= 15 is 0 Å². The number of hydrogen-bond acceptors (Lipinski definition) is 6. The van der Waals surface area contributed by atoms with Gasteiger partial charge in [-0.25, -0.2) is 8.42 Å². The standard InChI is InChI=1S/C18H29N5O4S/c1-11-5-13-9-19-21-18(13)15(6-11)28(26,27)22(3)10-16(24)20-14-7-12(2)23(4)17(25)8-14/h7-8,11,13,15,18-19,21H,5-6,9-10H2,1-4H3,(H,20,24). The van der Waals surface area contributed by atoms with Crippen LogP contribution in [0.3, 0.4) is 0 Å². The molecule has 0 bridgehead atoms. The van der Waals surface area contributed by atoms with Crippen molar-refractivity contribution in [3.8, 4) is 0 Å². The fourth-order valence-electron chi connectivity index (χ4n) is 4.21. The normalized spacial score (nSPS) is 27.6. The average molecular weight is 412 g/mol. The minimum absolute atomic E-state index is 0.147. The first-order chi connectivity index (χ1) is 13.1. The van der Waals surface area contributed by atoms with E-state index in [4.69, 9.17) is 0 Å². The first-order valence-electron chi connectivity index (χ1n) is 9.50. The molecule has 1 aliphatic carbocycles. The highest BCUT2D eigenvalue weighted by molar-refractivity contribution is 7.89. The maximum atomic E-state index is 13.1. The second kappa shape index (κ2) is 7.94. The predicted octanol–water partition coefficient (Wildman–Crippen LogP) is -0.215. The van der Waals surface area contributed by atoms with Crippen molar-refractivity contribution < 1.29 is 13.2 Å². The summed E-state index contributed by atoms with van der Waals surface area (Å²) in [6, 6.07) is 2.85. The van der Waals surface area contributed by atoms with Crippen molar-refractivity contribution in [2.75, 3.05) is 25.5 Å². The first-order valence-corrected chi connectivity index (χ1v) is 11.0. The van der Waals surface area contributed by atoms with E-state index in [-0.39, 0.29) is 24.1 Å². The number of amides is 1. The van der Waals surface area contributed by atoms with E-state index in [2.05, 4.69) is 23.1 Å². The Kier molecular flexibility index (Phi) is 5.95. The predicted molar refractivity (Wildman–Crippen MR) is 107 cm³/mol. The van der Waals surface area contributed by atoms with Crippen LogP contribution in [0.25, 0.3) is 0 Å². The third-order valence-electron chi connectivity index (χ3n) is 5.85. The van der Waals surface area contributed by atoms with Crippen molar-refractivity contribution in [3.05, 3.63) is 28.2 Å². The van der Waals surface area contributed by atoms with Gasteiger partial charge in [-0.2, -0.15) is 4.31 Å². The van der Waals surface area contributed by atoms with Crippen LogP contribution in [0.2, 0.25) is 0 Å². The van der Waals surface area contributed by atoms with E-state index in [1.165, 1.54) is 17.7 Å². The summed E-state index contributed by atoms with van der Waals surface area (Å²) in [7, 11) is -0.577. The van der Waals surface area contributed by atoms with Gasteiger partial charge in [0.15, 0.2) is 0 Å². The zero-order chi connectivity index (χ0) is 20.6. The van der Waals surface area contributed by atoms with Crippen molar-refractivity contribution >= 4 is 21.6 Å². The zero-order valence-electron chi connectivity index (χ0n) is 16.7. The molecule has 0 spiro atoms. The number of likely N-dealkylation sites (N-methyl/N-ethyl adjacent to an activating group) is 1. The van der Waals surface area contributed by atoms with Gasteiger partial charge in [-0.1, -0.05) is 6.92 Å². The molecule has 0 aromatic carbocycles. The maximum absolute atomic E-state index is 13.1. The SMILES string of the molecule is Cc1cc(NC(=O)CN(C)S(=O)(=O)C2CC(C)CC3CNNC32)cc(=O)n1C. The highest BCUT2D eigenvalue weighted by atomic mass is 32.2. The van der Waals surface area contributed by atoms with E-state index in [1.54, 1.807) is 20.0 Å². The molecule has 156 valence electrons. The van der Waals surface area contributed by atoms with E-state index in [0.29, 0.717) is 23.7 Å². The minimum atomic E-state index is -3.66. The van der Waals surface area contributed by atoms with Gasteiger partial charge in [0.1, 0.15) is 0 Å². The molecular formula is C18H29N5O4S. The molecule has 1 saturated heterocycles. The Morgan fingerprint density at radius 1 is 1.36 bits per heavy atom. The number of rotatable bonds is 5. The number of hydrazine groups is 1. The van der Waals surface area contributed by atoms with Crippen LogP contribution >= 0.6 is 0 Å². The number of hydrogen-bond donors (Lipinski definition) is 3. The van der Waals surface area contributed by atoms with Gasteiger partial charge in [-0.3, -0.25) is 20.4 Å². The van der Waals surface area contributed by atoms with Crippen LogP contribution < -0.4 is 21.7 Å². The number of aromatic nitrogens is 1. The van der Waals surface area contributed by atoms with Crippen LogP contribution in [0.5, 0.6) is 0 Å². The smallest absolute Gasteiger partial charge is 0.252 e. The lowest BCUT2D eigenvalue weighted by Crippen LogP contribution is -2.53. The van der Waals surface area contributed by atoms with Gasteiger partial charge < -0.3 is 9.88 Å². The first kappa shape index (κ1) is 21.0. The summed E-state index contributed by atoms with van der Waals surface area (Å²) in [5.41, 5.74) is 7.01. The lowest BCUT2D eigenvalue weighted by Gasteiger charge is -2.37. The van der Waals surface area contributed by atoms with Crippen molar-refractivity contribution in [3.63, 3.8) is 0 Å². The number of carbonyl (C=O) groups excluding carboxylic acids is 1. The largest absolute Gasteiger partial charge is 0.325 e.